The van der Waals surface area contributed by atoms with E-state index in [1.54, 1.807) is 49.6 Å². The summed E-state index contributed by atoms with van der Waals surface area (Å²) in [6.07, 6.45) is 1.33. The van der Waals surface area contributed by atoms with Crippen molar-refractivity contribution in [3.8, 4) is 23.0 Å². The van der Waals surface area contributed by atoms with Gasteiger partial charge in [0.1, 0.15) is 11.5 Å². The molecule has 1 aromatic heterocycles. The molecule has 1 fully saturated rings. The van der Waals surface area contributed by atoms with Crippen LogP contribution in [0.1, 0.15) is 27.3 Å². The fourth-order valence-electron chi connectivity index (χ4n) is 4.24. The first-order valence-electron chi connectivity index (χ1n) is 12.7. The smallest absolute Gasteiger partial charge is 0.379 e. The van der Waals surface area contributed by atoms with Crippen LogP contribution in [0.4, 0.5) is 5.69 Å². The highest BCUT2D eigenvalue weighted by Crippen LogP contribution is 2.33. The second-order valence-electron chi connectivity index (χ2n) is 9.07. The molecule has 10 nitrogen and oxygen atoms in total. The zero-order valence-corrected chi connectivity index (χ0v) is 22.0. The number of anilines is 1. The number of benzene rings is 3. The van der Waals surface area contributed by atoms with Gasteiger partial charge in [0.25, 0.3) is 0 Å². The summed E-state index contributed by atoms with van der Waals surface area (Å²) in [7, 11) is 1.56. The van der Waals surface area contributed by atoms with Crippen LogP contribution in [0.3, 0.4) is 0 Å². The van der Waals surface area contributed by atoms with Gasteiger partial charge in [0.15, 0.2) is 23.9 Å². The summed E-state index contributed by atoms with van der Waals surface area (Å²) < 4.78 is 26.6. The molecule has 0 bridgehead atoms. The van der Waals surface area contributed by atoms with Gasteiger partial charge in [-0.1, -0.05) is 12.1 Å². The first-order chi connectivity index (χ1) is 19.9. The van der Waals surface area contributed by atoms with Crippen molar-refractivity contribution in [3.05, 3.63) is 103 Å². The van der Waals surface area contributed by atoms with Crippen LogP contribution < -0.4 is 19.1 Å². The van der Waals surface area contributed by atoms with E-state index < -0.39 is 30.2 Å². The van der Waals surface area contributed by atoms with E-state index in [9.17, 15) is 19.2 Å². The third-order valence-corrected chi connectivity index (χ3v) is 6.36. The molecule has 3 aromatic carbocycles. The van der Waals surface area contributed by atoms with E-state index in [4.69, 9.17) is 23.4 Å². The quantitative estimate of drug-likeness (QED) is 0.150. The molecule has 0 unspecified atom stereocenters. The van der Waals surface area contributed by atoms with Crippen molar-refractivity contribution in [1.82, 2.24) is 0 Å². The lowest BCUT2D eigenvalue weighted by Gasteiger charge is -2.17. The van der Waals surface area contributed by atoms with Crippen LogP contribution in [0.15, 0.2) is 95.6 Å². The van der Waals surface area contributed by atoms with Crippen molar-refractivity contribution in [3.63, 3.8) is 0 Å². The van der Waals surface area contributed by atoms with Crippen molar-refractivity contribution in [2.75, 3.05) is 25.2 Å². The van der Waals surface area contributed by atoms with Gasteiger partial charge in [-0.3, -0.25) is 14.4 Å². The number of methoxy groups -OCH3 is 1. The van der Waals surface area contributed by atoms with Crippen LogP contribution in [0.5, 0.6) is 23.0 Å². The minimum atomic E-state index is -0.705. The Bertz CT molecular complexity index is 1540. The number of esters is 2. The number of para-hydroxylation sites is 2. The highest BCUT2D eigenvalue weighted by molar-refractivity contribution is 6.01. The highest BCUT2D eigenvalue weighted by Gasteiger charge is 2.36. The lowest BCUT2D eigenvalue weighted by Crippen LogP contribution is -2.27. The van der Waals surface area contributed by atoms with E-state index in [1.165, 1.54) is 41.5 Å². The molecule has 1 atom stereocenters. The molecule has 208 valence electrons. The third-order valence-electron chi connectivity index (χ3n) is 6.36. The number of amides is 1. The Morgan fingerprint density at radius 1 is 0.878 bits per heavy atom. The molecule has 1 aliphatic rings. The Hall–Kier alpha value is -5.38. The largest absolute Gasteiger partial charge is 0.493 e. The van der Waals surface area contributed by atoms with Crippen molar-refractivity contribution < 1.29 is 42.5 Å². The monoisotopic (exact) mass is 555 g/mol. The molecule has 1 saturated heterocycles. The fraction of sp³-hybridized carbons (Fsp3) is 0.161. The van der Waals surface area contributed by atoms with Gasteiger partial charge in [0.05, 0.1) is 19.3 Å². The molecule has 1 aliphatic heterocycles. The topological polar surface area (TPSA) is 122 Å². The summed E-state index contributed by atoms with van der Waals surface area (Å²) in [5.41, 5.74) is 0.886. The highest BCUT2D eigenvalue weighted by atomic mass is 16.5. The van der Waals surface area contributed by atoms with Gasteiger partial charge < -0.3 is 28.3 Å². The molecular formula is C31H25NO9. The average molecular weight is 556 g/mol. The maximum atomic E-state index is 12.7. The van der Waals surface area contributed by atoms with Gasteiger partial charge in [-0.2, -0.15) is 0 Å². The first-order valence-corrected chi connectivity index (χ1v) is 12.7. The first kappa shape index (κ1) is 27.2. The summed E-state index contributed by atoms with van der Waals surface area (Å²) in [5, 5.41) is 0. The maximum Gasteiger partial charge on any atom is 0.379 e. The molecule has 0 saturated carbocycles. The standard InChI is InChI=1S/C31H25NO9/c1-37-26-5-2-3-6-27(26)40-23-14-10-22(11-15-23)32-18-21(17-29(32)34)30(35)39-19-25(33)20-8-12-24(13-9-20)41-31(36)28-7-4-16-38-28/h2-16,21H,17-19H2,1H3/t21-/m0/s1. The minimum absolute atomic E-state index is 0.0256. The molecule has 2 heterocycles. The van der Waals surface area contributed by atoms with Gasteiger partial charge in [-0.25, -0.2) is 4.79 Å². The molecule has 1 amide bonds. The van der Waals surface area contributed by atoms with E-state index in [0.29, 0.717) is 22.9 Å². The molecule has 10 heteroatoms. The molecule has 41 heavy (non-hydrogen) atoms. The van der Waals surface area contributed by atoms with Crippen molar-refractivity contribution >= 4 is 29.3 Å². The average Bonchev–Trinajstić information content (AvgIpc) is 3.67. The number of ketones is 1. The van der Waals surface area contributed by atoms with Crippen LogP contribution in [0, 0.1) is 5.92 Å². The Labute approximate surface area is 235 Å². The molecular weight excluding hydrogens is 530 g/mol. The number of hydrogen-bond acceptors (Lipinski definition) is 9. The lowest BCUT2D eigenvalue weighted by molar-refractivity contribution is -0.147. The summed E-state index contributed by atoms with van der Waals surface area (Å²) in [4.78, 5) is 51.3. The third kappa shape index (κ3) is 6.44. The van der Waals surface area contributed by atoms with Crippen molar-refractivity contribution in [1.29, 1.82) is 0 Å². The number of hydrogen-bond donors (Lipinski definition) is 0. The lowest BCUT2D eigenvalue weighted by atomic mass is 10.1. The number of carbonyl (C=O) groups excluding carboxylic acids is 4. The number of nitrogens with zero attached hydrogens (tertiary/aromatic N) is 1. The molecule has 0 aliphatic carbocycles. The maximum absolute atomic E-state index is 12.7. The predicted molar refractivity (Wildman–Crippen MR) is 145 cm³/mol. The van der Waals surface area contributed by atoms with E-state index in [0.717, 1.165) is 0 Å². The van der Waals surface area contributed by atoms with Gasteiger partial charge in [0.2, 0.25) is 11.7 Å². The SMILES string of the molecule is COc1ccccc1Oc1ccc(N2C[C@@H](C(=O)OCC(=O)c3ccc(OC(=O)c4ccco4)cc3)CC2=O)cc1. The molecule has 4 aromatic rings. The van der Waals surface area contributed by atoms with Crippen molar-refractivity contribution in [2.24, 2.45) is 5.92 Å². The summed E-state index contributed by atoms with van der Waals surface area (Å²) in [6.45, 7) is -0.349. The van der Waals surface area contributed by atoms with E-state index >= 15 is 0 Å². The molecule has 0 radical (unpaired) electrons. The second-order valence-corrected chi connectivity index (χ2v) is 9.07. The molecule has 0 N–H and O–H groups in total. The zero-order valence-electron chi connectivity index (χ0n) is 22.0. The second kappa shape index (κ2) is 12.2. The van der Waals surface area contributed by atoms with Crippen LogP contribution in [0.2, 0.25) is 0 Å². The molecule has 5 rings (SSSR count). The number of carbonyl (C=O) groups is 4. The van der Waals surface area contributed by atoms with Gasteiger partial charge in [-0.05, 0) is 72.8 Å². The normalized spacial score (nSPS) is 14.4. The zero-order chi connectivity index (χ0) is 28.8. The van der Waals surface area contributed by atoms with Crippen LogP contribution in [0.25, 0.3) is 0 Å². The van der Waals surface area contributed by atoms with Gasteiger partial charge >= 0.3 is 11.9 Å². The van der Waals surface area contributed by atoms with Gasteiger partial charge in [-0.15, -0.1) is 0 Å². The van der Waals surface area contributed by atoms with E-state index in [2.05, 4.69) is 0 Å². The summed E-state index contributed by atoms with van der Waals surface area (Å²) in [5.74, 6) is -0.678. The van der Waals surface area contributed by atoms with Crippen LogP contribution in [-0.2, 0) is 14.3 Å². The number of Topliss-reactive ketones (excluding diaryl/α,β-unsaturated/α-hetero) is 1. The Kier molecular flexibility index (Phi) is 8.10. The number of rotatable bonds is 10. The molecule has 0 spiro atoms. The predicted octanol–water partition coefficient (Wildman–Crippen LogP) is 5.08. The van der Waals surface area contributed by atoms with Gasteiger partial charge in [0, 0.05) is 24.2 Å². The van der Waals surface area contributed by atoms with E-state index in [1.807, 2.05) is 12.1 Å². The Morgan fingerprint density at radius 3 is 2.27 bits per heavy atom. The Balaban J connectivity index is 1.12. The van der Waals surface area contributed by atoms with E-state index in [-0.39, 0.29) is 35.9 Å². The number of furan rings is 1. The number of ether oxygens (including phenoxy) is 4. The van der Waals surface area contributed by atoms with Crippen LogP contribution in [-0.4, -0.2) is 43.9 Å². The van der Waals surface area contributed by atoms with Crippen LogP contribution >= 0.6 is 0 Å². The minimum Gasteiger partial charge on any atom is -0.493 e. The summed E-state index contributed by atoms with van der Waals surface area (Å²) in [6, 6.07) is 23.0. The Morgan fingerprint density at radius 2 is 1.59 bits per heavy atom. The van der Waals surface area contributed by atoms with Crippen molar-refractivity contribution in [2.45, 2.75) is 6.42 Å². The summed E-state index contributed by atoms with van der Waals surface area (Å²) >= 11 is 0. The fourth-order valence-corrected chi connectivity index (χ4v) is 4.24.